The van der Waals surface area contributed by atoms with Gasteiger partial charge in [0.05, 0.1) is 12.0 Å². The van der Waals surface area contributed by atoms with Gasteiger partial charge < -0.3 is 10.0 Å². The summed E-state index contributed by atoms with van der Waals surface area (Å²) in [5.41, 5.74) is 0.714. The fourth-order valence-electron chi connectivity index (χ4n) is 1.93. The van der Waals surface area contributed by atoms with Gasteiger partial charge in [-0.05, 0) is 18.1 Å². The van der Waals surface area contributed by atoms with Gasteiger partial charge in [-0.2, -0.15) is 0 Å². The summed E-state index contributed by atoms with van der Waals surface area (Å²) in [5.74, 6) is -0.287. The number of likely N-dealkylation sites (tertiary alicyclic amines) is 1. The molecule has 1 aromatic rings. The van der Waals surface area contributed by atoms with Crippen molar-refractivity contribution in [2.75, 3.05) is 13.6 Å². The Kier molecular flexibility index (Phi) is 2.68. The first-order valence-corrected chi connectivity index (χ1v) is 5.03. The van der Waals surface area contributed by atoms with Crippen molar-refractivity contribution in [2.45, 2.75) is 12.5 Å². The third kappa shape index (κ3) is 1.85. The van der Waals surface area contributed by atoms with Crippen molar-refractivity contribution in [2.24, 2.45) is 5.92 Å². The fourth-order valence-corrected chi connectivity index (χ4v) is 1.93. The lowest BCUT2D eigenvalue weighted by atomic mass is 9.96. The van der Waals surface area contributed by atoms with E-state index in [1.807, 2.05) is 0 Å². The van der Waals surface area contributed by atoms with Crippen LogP contribution < -0.4 is 0 Å². The molecule has 1 aliphatic rings. The first-order chi connectivity index (χ1) is 7.20. The number of aliphatic hydroxyl groups excluding tert-OH is 1. The lowest BCUT2D eigenvalue weighted by Gasteiger charge is -2.16. The van der Waals surface area contributed by atoms with Gasteiger partial charge in [-0.3, -0.25) is 9.78 Å². The van der Waals surface area contributed by atoms with E-state index >= 15 is 0 Å². The summed E-state index contributed by atoms with van der Waals surface area (Å²) in [6, 6.07) is 3.56. The van der Waals surface area contributed by atoms with Crippen LogP contribution in [-0.2, 0) is 4.79 Å². The number of aliphatic hydroxyl groups is 1. The number of nitrogens with zero attached hydrogens (tertiary/aromatic N) is 2. The molecule has 2 atom stereocenters. The lowest BCUT2D eigenvalue weighted by Crippen LogP contribution is -2.26. The molecular formula is C11H14N2O2. The molecule has 0 spiro atoms. The molecule has 0 radical (unpaired) electrons. The molecule has 0 aromatic carbocycles. The van der Waals surface area contributed by atoms with Crippen LogP contribution in [0.25, 0.3) is 0 Å². The second-order valence-corrected chi connectivity index (χ2v) is 3.89. The highest BCUT2D eigenvalue weighted by atomic mass is 16.3. The van der Waals surface area contributed by atoms with Crippen molar-refractivity contribution in [3.8, 4) is 0 Å². The summed E-state index contributed by atoms with van der Waals surface area (Å²) >= 11 is 0. The van der Waals surface area contributed by atoms with Crippen LogP contribution >= 0.6 is 0 Å². The predicted octanol–water partition coefficient (Wildman–Crippen LogP) is 0.593. The quantitative estimate of drug-likeness (QED) is 0.770. The van der Waals surface area contributed by atoms with Crippen LogP contribution in [0, 0.1) is 5.92 Å². The summed E-state index contributed by atoms with van der Waals surface area (Å²) in [4.78, 5) is 17.3. The SMILES string of the molecule is CN1CCC(C(O)c2cccnc2)C1=O. The largest absolute Gasteiger partial charge is 0.388 e. The van der Waals surface area contributed by atoms with Crippen LogP contribution in [-0.4, -0.2) is 34.5 Å². The van der Waals surface area contributed by atoms with Crippen molar-refractivity contribution < 1.29 is 9.90 Å². The minimum Gasteiger partial charge on any atom is -0.388 e. The molecule has 0 saturated carbocycles. The molecule has 2 unspecified atom stereocenters. The molecule has 0 bridgehead atoms. The Balaban J connectivity index is 2.16. The van der Waals surface area contributed by atoms with Gasteiger partial charge in [0.1, 0.15) is 0 Å². The van der Waals surface area contributed by atoms with Crippen molar-refractivity contribution >= 4 is 5.91 Å². The highest BCUT2D eigenvalue weighted by Gasteiger charge is 2.35. The summed E-state index contributed by atoms with van der Waals surface area (Å²) in [7, 11) is 1.76. The number of hydrogen-bond donors (Lipinski definition) is 1. The minimum atomic E-state index is -0.726. The number of amides is 1. The van der Waals surface area contributed by atoms with Crippen molar-refractivity contribution in [1.82, 2.24) is 9.88 Å². The molecule has 1 N–H and O–H groups in total. The zero-order chi connectivity index (χ0) is 10.8. The number of hydrogen-bond acceptors (Lipinski definition) is 3. The van der Waals surface area contributed by atoms with Gasteiger partial charge >= 0.3 is 0 Å². The molecule has 1 amide bonds. The minimum absolute atomic E-state index is 0.0198. The molecule has 1 fully saturated rings. The molecule has 1 saturated heterocycles. The summed E-state index contributed by atoms with van der Waals surface area (Å²) in [6.45, 7) is 0.723. The third-order valence-corrected chi connectivity index (χ3v) is 2.88. The van der Waals surface area contributed by atoms with Gasteiger partial charge in [0.25, 0.3) is 0 Å². The summed E-state index contributed by atoms with van der Waals surface area (Å²) in [5, 5.41) is 10.0. The zero-order valence-corrected chi connectivity index (χ0v) is 8.63. The number of pyridine rings is 1. The molecule has 2 heterocycles. The summed E-state index contributed by atoms with van der Waals surface area (Å²) in [6.07, 6.45) is 3.25. The van der Waals surface area contributed by atoms with Gasteiger partial charge in [0.15, 0.2) is 0 Å². The van der Waals surface area contributed by atoms with E-state index in [4.69, 9.17) is 0 Å². The maximum atomic E-state index is 11.7. The van der Waals surface area contributed by atoms with E-state index in [0.717, 1.165) is 6.54 Å². The lowest BCUT2D eigenvalue weighted by molar-refractivity contribution is -0.132. The smallest absolute Gasteiger partial charge is 0.228 e. The van der Waals surface area contributed by atoms with E-state index in [-0.39, 0.29) is 11.8 Å². The van der Waals surface area contributed by atoms with E-state index < -0.39 is 6.10 Å². The van der Waals surface area contributed by atoms with Crippen LogP contribution in [0.4, 0.5) is 0 Å². The molecule has 15 heavy (non-hydrogen) atoms. The first-order valence-electron chi connectivity index (χ1n) is 5.03. The average molecular weight is 206 g/mol. The van der Waals surface area contributed by atoms with Gasteiger partial charge in [-0.25, -0.2) is 0 Å². The standard InChI is InChI=1S/C11H14N2O2/c1-13-6-4-9(11(13)15)10(14)8-3-2-5-12-7-8/h2-3,5,7,9-10,14H,4,6H2,1H3. The number of rotatable bonds is 2. The fraction of sp³-hybridized carbons (Fsp3) is 0.455. The molecule has 0 aliphatic carbocycles. The molecule has 80 valence electrons. The number of carbonyl (C=O) groups excluding carboxylic acids is 1. The Hall–Kier alpha value is -1.42. The molecule has 4 heteroatoms. The third-order valence-electron chi connectivity index (χ3n) is 2.88. The van der Waals surface area contributed by atoms with Crippen LogP contribution in [0.3, 0.4) is 0 Å². The monoisotopic (exact) mass is 206 g/mol. The molecule has 1 aliphatic heterocycles. The Morgan fingerprint density at radius 1 is 1.67 bits per heavy atom. The molecule has 2 rings (SSSR count). The highest BCUT2D eigenvalue weighted by Crippen LogP contribution is 2.29. The van der Waals surface area contributed by atoms with Crippen LogP contribution in [0.1, 0.15) is 18.1 Å². The van der Waals surface area contributed by atoms with E-state index in [0.29, 0.717) is 12.0 Å². The highest BCUT2D eigenvalue weighted by molar-refractivity contribution is 5.81. The van der Waals surface area contributed by atoms with Crippen molar-refractivity contribution in [3.05, 3.63) is 30.1 Å². The number of aromatic nitrogens is 1. The summed E-state index contributed by atoms with van der Waals surface area (Å²) < 4.78 is 0. The average Bonchev–Trinajstić information content (AvgIpc) is 2.60. The Labute approximate surface area is 88.6 Å². The second-order valence-electron chi connectivity index (χ2n) is 3.89. The second kappa shape index (κ2) is 3.98. The normalized spacial score (nSPS) is 23.2. The van der Waals surface area contributed by atoms with E-state index in [1.54, 1.807) is 36.5 Å². The van der Waals surface area contributed by atoms with E-state index in [9.17, 15) is 9.90 Å². The van der Waals surface area contributed by atoms with E-state index in [1.165, 1.54) is 0 Å². The van der Waals surface area contributed by atoms with Gasteiger partial charge in [-0.1, -0.05) is 6.07 Å². The van der Waals surface area contributed by atoms with Crippen LogP contribution in [0.15, 0.2) is 24.5 Å². The van der Waals surface area contributed by atoms with Gasteiger partial charge in [-0.15, -0.1) is 0 Å². The molecule has 4 nitrogen and oxygen atoms in total. The van der Waals surface area contributed by atoms with Gasteiger partial charge in [0.2, 0.25) is 5.91 Å². The molecule has 1 aromatic heterocycles. The van der Waals surface area contributed by atoms with Gasteiger partial charge in [0, 0.05) is 26.0 Å². The van der Waals surface area contributed by atoms with Crippen LogP contribution in [0.5, 0.6) is 0 Å². The van der Waals surface area contributed by atoms with E-state index in [2.05, 4.69) is 4.98 Å². The zero-order valence-electron chi connectivity index (χ0n) is 8.63. The van der Waals surface area contributed by atoms with Crippen molar-refractivity contribution in [3.63, 3.8) is 0 Å². The molecular weight excluding hydrogens is 192 g/mol. The Bertz CT molecular complexity index is 353. The van der Waals surface area contributed by atoms with Crippen molar-refractivity contribution in [1.29, 1.82) is 0 Å². The maximum absolute atomic E-state index is 11.7. The Morgan fingerprint density at radius 2 is 2.47 bits per heavy atom. The topological polar surface area (TPSA) is 53.4 Å². The Morgan fingerprint density at radius 3 is 3.00 bits per heavy atom. The first kappa shape index (κ1) is 10.1. The number of carbonyl (C=O) groups is 1. The maximum Gasteiger partial charge on any atom is 0.228 e. The predicted molar refractivity (Wildman–Crippen MR) is 54.9 cm³/mol. The van der Waals surface area contributed by atoms with Crippen LogP contribution in [0.2, 0.25) is 0 Å².